The van der Waals surface area contributed by atoms with Gasteiger partial charge in [-0.2, -0.15) is 0 Å². The van der Waals surface area contributed by atoms with Gasteiger partial charge in [0, 0.05) is 44.8 Å². The average molecular weight is 587 g/mol. The Morgan fingerprint density at radius 2 is 1.60 bits per heavy atom. The Bertz CT molecular complexity index is 783. The van der Waals surface area contributed by atoms with E-state index < -0.39 is 6.04 Å². The predicted octanol–water partition coefficient (Wildman–Crippen LogP) is 6.03. The highest BCUT2D eigenvalue weighted by Gasteiger charge is 2.35. The molecule has 1 fully saturated rings. The molecule has 6 N–H and O–H groups in total. The Kier molecular flexibility index (Phi) is 23.3. The number of nitrogens with one attached hydrogen (secondary N) is 2. The lowest BCUT2D eigenvalue weighted by Gasteiger charge is -2.30. The molecule has 0 aliphatic heterocycles. The molecule has 3 atom stereocenters. The standard InChI is InChI=1S/C29H48N2O3S.C2H6O.2H2O/c1-6-9-20-35-31-24-15-12-23(13-16-24)28(33)30-25(21-29(4)18-10-11-19-29)26(32)17-14-22(7-2)27(8-3)34-5;1-3-2;;/h12-13,15-16,22,25,27,31H,6-11,14,17-21H2,1-5H3,(H,30,33);1-2H3;2*1H2/t22-,25-,27-;;;/m0.../s1. The number of anilines is 1. The van der Waals surface area contributed by atoms with E-state index in [1.54, 1.807) is 33.3 Å². The second-order valence-electron chi connectivity index (χ2n) is 10.9. The first-order valence-electron chi connectivity index (χ1n) is 14.5. The Hall–Kier alpha value is -1.65. The topological polar surface area (TPSA) is 140 Å². The molecule has 1 aliphatic carbocycles. The van der Waals surface area contributed by atoms with Crippen molar-refractivity contribution < 1.29 is 30.0 Å². The van der Waals surface area contributed by atoms with Crippen molar-refractivity contribution in [3.63, 3.8) is 0 Å². The minimum Gasteiger partial charge on any atom is -0.412 e. The first-order valence-corrected chi connectivity index (χ1v) is 15.5. The van der Waals surface area contributed by atoms with Crippen molar-refractivity contribution >= 4 is 29.3 Å². The zero-order valence-electron chi connectivity index (χ0n) is 26.1. The number of carbonyl (C=O) groups excluding carboxylic acids is 2. The molecule has 0 aromatic heterocycles. The van der Waals surface area contributed by atoms with E-state index in [1.807, 2.05) is 24.3 Å². The highest BCUT2D eigenvalue weighted by atomic mass is 32.2. The number of amides is 1. The number of methoxy groups -OCH3 is 2. The lowest BCUT2D eigenvalue weighted by Crippen LogP contribution is -2.44. The summed E-state index contributed by atoms with van der Waals surface area (Å²) in [6.45, 7) is 8.75. The predicted molar refractivity (Wildman–Crippen MR) is 169 cm³/mol. The number of unbranched alkanes of at least 4 members (excludes halogenated alkanes) is 1. The summed E-state index contributed by atoms with van der Waals surface area (Å²) in [6.07, 6.45) is 11.2. The third-order valence-corrected chi connectivity index (χ3v) is 8.53. The van der Waals surface area contributed by atoms with Gasteiger partial charge in [0.2, 0.25) is 0 Å². The van der Waals surface area contributed by atoms with Crippen LogP contribution in [-0.2, 0) is 14.3 Å². The van der Waals surface area contributed by atoms with E-state index in [-0.39, 0.29) is 34.2 Å². The molecular weight excluding hydrogens is 528 g/mol. The van der Waals surface area contributed by atoms with E-state index in [0.29, 0.717) is 17.9 Å². The van der Waals surface area contributed by atoms with Crippen LogP contribution >= 0.6 is 11.9 Å². The largest absolute Gasteiger partial charge is 0.412 e. The summed E-state index contributed by atoms with van der Waals surface area (Å²) in [6, 6.07) is 7.12. The van der Waals surface area contributed by atoms with Gasteiger partial charge in [-0.1, -0.05) is 65.3 Å². The van der Waals surface area contributed by atoms with Gasteiger partial charge in [0.15, 0.2) is 5.78 Å². The molecule has 8 nitrogen and oxygen atoms in total. The number of rotatable bonds is 17. The number of hydrogen-bond acceptors (Lipinski definition) is 6. The molecule has 0 radical (unpaired) electrons. The zero-order chi connectivity index (χ0) is 28.4. The molecule has 1 aromatic rings. The van der Waals surface area contributed by atoms with E-state index in [0.717, 1.165) is 50.0 Å². The van der Waals surface area contributed by atoms with Crippen molar-refractivity contribution in [2.24, 2.45) is 11.3 Å². The summed E-state index contributed by atoms with van der Waals surface area (Å²) < 4.78 is 13.2. The summed E-state index contributed by atoms with van der Waals surface area (Å²) in [5.41, 5.74) is 1.71. The highest BCUT2D eigenvalue weighted by molar-refractivity contribution is 8.00. The SMILES string of the molecule is CCCCSNc1ccc(C(=O)N[C@@H](CC2(C)CCCC2)C(=O)CC[C@H](CC)[C@H](CC)OC)cc1.COC.O.O. The van der Waals surface area contributed by atoms with Gasteiger partial charge in [-0.25, -0.2) is 0 Å². The van der Waals surface area contributed by atoms with Gasteiger partial charge in [-0.3, -0.25) is 9.59 Å². The summed E-state index contributed by atoms with van der Waals surface area (Å²) in [4.78, 5) is 26.6. The number of carbonyl (C=O) groups is 2. The number of ether oxygens (including phenoxy) is 2. The van der Waals surface area contributed by atoms with Crippen molar-refractivity contribution in [1.29, 1.82) is 0 Å². The van der Waals surface area contributed by atoms with Gasteiger partial charge < -0.3 is 30.5 Å². The lowest BCUT2D eigenvalue weighted by atomic mass is 9.80. The van der Waals surface area contributed by atoms with Crippen molar-refractivity contribution in [3.05, 3.63) is 29.8 Å². The van der Waals surface area contributed by atoms with Gasteiger partial charge in [-0.05, 0) is 74.1 Å². The van der Waals surface area contributed by atoms with Gasteiger partial charge in [0.05, 0.1) is 12.1 Å². The van der Waals surface area contributed by atoms with Crippen LogP contribution in [0.2, 0.25) is 0 Å². The fourth-order valence-electron chi connectivity index (χ4n) is 5.30. The number of benzene rings is 1. The maximum absolute atomic E-state index is 13.4. The second-order valence-corrected chi connectivity index (χ2v) is 11.8. The third-order valence-electron chi connectivity index (χ3n) is 7.66. The number of Topliss-reactive ketones (excluding diaryl/α,β-unsaturated/α-hetero) is 1. The monoisotopic (exact) mass is 586 g/mol. The highest BCUT2D eigenvalue weighted by Crippen LogP contribution is 2.41. The molecule has 9 heteroatoms. The zero-order valence-corrected chi connectivity index (χ0v) is 26.9. The summed E-state index contributed by atoms with van der Waals surface area (Å²) >= 11 is 1.69. The molecular formula is C31H58N2O6S. The van der Waals surface area contributed by atoms with Crippen molar-refractivity contribution in [2.75, 3.05) is 31.8 Å². The minimum absolute atomic E-state index is 0. The van der Waals surface area contributed by atoms with Gasteiger partial charge in [-0.15, -0.1) is 0 Å². The normalized spacial score (nSPS) is 15.8. The van der Waals surface area contributed by atoms with E-state index in [2.05, 4.69) is 42.5 Å². The van der Waals surface area contributed by atoms with Gasteiger partial charge in [0.1, 0.15) is 0 Å². The van der Waals surface area contributed by atoms with Crippen LogP contribution in [0.5, 0.6) is 0 Å². The Morgan fingerprint density at radius 3 is 2.10 bits per heavy atom. The van der Waals surface area contributed by atoms with Crippen molar-refractivity contribution in [2.45, 2.75) is 110 Å². The van der Waals surface area contributed by atoms with Crippen LogP contribution in [0.1, 0.15) is 109 Å². The minimum atomic E-state index is -0.437. The smallest absolute Gasteiger partial charge is 0.251 e. The number of hydrogen-bond donors (Lipinski definition) is 2. The van der Waals surface area contributed by atoms with Crippen molar-refractivity contribution in [3.8, 4) is 0 Å². The van der Waals surface area contributed by atoms with Crippen LogP contribution in [0.15, 0.2) is 24.3 Å². The molecule has 0 saturated heterocycles. The average Bonchev–Trinajstić information content (AvgIpc) is 3.35. The van der Waals surface area contributed by atoms with Gasteiger partial charge in [0.25, 0.3) is 5.91 Å². The fraction of sp³-hybridized carbons (Fsp3) is 0.742. The summed E-state index contributed by atoms with van der Waals surface area (Å²) in [5.74, 6) is 1.42. The van der Waals surface area contributed by atoms with E-state index in [9.17, 15) is 9.59 Å². The number of ketones is 1. The van der Waals surface area contributed by atoms with Gasteiger partial charge >= 0.3 is 0 Å². The molecule has 1 aromatic carbocycles. The molecule has 234 valence electrons. The molecule has 0 spiro atoms. The lowest BCUT2D eigenvalue weighted by molar-refractivity contribution is -0.122. The molecule has 1 saturated carbocycles. The summed E-state index contributed by atoms with van der Waals surface area (Å²) in [7, 11) is 5.01. The van der Waals surface area contributed by atoms with Crippen LogP contribution < -0.4 is 10.0 Å². The van der Waals surface area contributed by atoms with Crippen LogP contribution in [0.3, 0.4) is 0 Å². The molecule has 40 heavy (non-hydrogen) atoms. The maximum Gasteiger partial charge on any atom is 0.251 e. The maximum atomic E-state index is 13.4. The van der Waals surface area contributed by atoms with Crippen LogP contribution in [-0.4, -0.2) is 61.9 Å². The van der Waals surface area contributed by atoms with E-state index >= 15 is 0 Å². The molecule has 1 aliphatic rings. The van der Waals surface area contributed by atoms with E-state index in [4.69, 9.17) is 4.74 Å². The Morgan fingerprint density at radius 1 is 1.00 bits per heavy atom. The molecule has 2 rings (SSSR count). The molecule has 0 unspecified atom stereocenters. The van der Waals surface area contributed by atoms with E-state index in [1.165, 1.54) is 25.7 Å². The first kappa shape index (κ1) is 40.5. The van der Waals surface area contributed by atoms with Crippen molar-refractivity contribution in [1.82, 2.24) is 5.32 Å². The van der Waals surface area contributed by atoms with Crippen LogP contribution in [0.25, 0.3) is 0 Å². The fourth-order valence-corrected chi connectivity index (χ4v) is 6.14. The Labute approximate surface area is 247 Å². The van der Waals surface area contributed by atoms with Crippen LogP contribution in [0, 0.1) is 11.3 Å². The summed E-state index contributed by atoms with van der Waals surface area (Å²) in [5, 5.41) is 3.12. The molecule has 1 amide bonds. The quantitative estimate of drug-likeness (QED) is 0.169. The third kappa shape index (κ3) is 14.8. The van der Waals surface area contributed by atoms with Crippen LogP contribution in [0.4, 0.5) is 5.69 Å². The first-order chi connectivity index (χ1) is 18.3. The molecule has 0 heterocycles. The Balaban J connectivity index is 0. The second kappa shape index (κ2) is 23.0. The molecule has 0 bridgehead atoms.